The molecule has 6 nitrogen and oxygen atoms in total. The fourth-order valence-electron chi connectivity index (χ4n) is 2.50. The van der Waals surface area contributed by atoms with Crippen molar-refractivity contribution < 1.29 is 9.90 Å². The highest BCUT2D eigenvalue weighted by atomic mass is 16.3. The van der Waals surface area contributed by atoms with Gasteiger partial charge in [0.05, 0.1) is 17.5 Å². The quantitative estimate of drug-likeness (QED) is 0.711. The van der Waals surface area contributed by atoms with E-state index in [1.165, 1.54) is 0 Å². The third kappa shape index (κ3) is 1.96. The minimum Gasteiger partial charge on any atom is -0.395 e. The van der Waals surface area contributed by atoms with Crippen LogP contribution in [0.1, 0.15) is 47.8 Å². The predicted octanol–water partition coefficient (Wildman–Crippen LogP) is 0.466. The number of amides is 1. The highest BCUT2D eigenvalue weighted by Gasteiger charge is 2.32. The van der Waals surface area contributed by atoms with Crippen molar-refractivity contribution in [2.45, 2.75) is 37.7 Å². The number of hydrogen-bond acceptors (Lipinski definition) is 4. The van der Waals surface area contributed by atoms with E-state index >= 15 is 0 Å². The van der Waals surface area contributed by atoms with Crippen molar-refractivity contribution in [1.29, 1.82) is 0 Å². The summed E-state index contributed by atoms with van der Waals surface area (Å²) in [6.07, 6.45) is 3.39. The summed E-state index contributed by atoms with van der Waals surface area (Å²) >= 11 is 0. The zero-order valence-corrected chi connectivity index (χ0v) is 10.2. The van der Waals surface area contributed by atoms with Crippen molar-refractivity contribution in [2.24, 2.45) is 0 Å². The third-order valence-corrected chi connectivity index (χ3v) is 3.71. The lowest BCUT2D eigenvalue weighted by Gasteiger charge is -2.29. The molecule has 3 rings (SSSR count). The van der Waals surface area contributed by atoms with Gasteiger partial charge in [-0.15, -0.1) is 0 Å². The van der Waals surface area contributed by atoms with E-state index in [2.05, 4.69) is 10.2 Å². The molecule has 1 amide bonds. The number of carbonyl (C=O) groups is 1. The first-order chi connectivity index (χ1) is 8.66. The van der Waals surface area contributed by atoms with Gasteiger partial charge in [-0.25, -0.2) is 0 Å². The van der Waals surface area contributed by atoms with Crippen LogP contribution in [0.2, 0.25) is 0 Å². The molecule has 2 heterocycles. The Bertz CT molecular complexity index is 467. The summed E-state index contributed by atoms with van der Waals surface area (Å²) in [6.45, 7) is 1.05. The Hall–Kier alpha value is -1.56. The number of likely N-dealkylation sites (tertiary alicyclic amines) is 1. The molecule has 0 aromatic carbocycles. The summed E-state index contributed by atoms with van der Waals surface area (Å²) in [5, 5.41) is 16.5. The van der Waals surface area contributed by atoms with Crippen molar-refractivity contribution in [2.75, 3.05) is 18.8 Å². The zero-order valence-electron chi connectivity index (χ0n) is 10.2. The van der Waals surface area contributed by atoms with Gasteiger partial charge in [-0.3, -0.25) is 9.89 Å². The zero-order chi connectivity index (χ0) is 12.7. The third-order valence-electron chi connectivity index (χ3n) is 3.71. The number of nitrogens with zero attached hydrogens (tertiary/aromatic N) is 2. The van der Waals surface area contributed by atoms with Crippen LogP contribution in [-0.4, -0.2) is 45.3 Å². The molecule has 18 heavy (non-hydrogen) atoms. The molecule has 2 aliphatic rings. The molecule has 0 radical (unpaired) electrons. The lowest BCUT2D eigenvalue weighted by molar-refractivity contribution is 0.0470. The predicted molar refractivity (Wildman–Crippen MR) is 66.1 cm³/mol. The van der Waals surface area contributed by atoms with Gasteiger partial charge in [0.25, 0.3) is 5.91 Å². The SMILES string of the molecule is Nc1c(C(=O)N2CCC[C@H](O)C2)n[nH]c1C1CC1. The maximum Gasteiger partial charge on any atom is 0.276 e. The van der Waals surface area contributed by atoms with Crippen LogP contribution >= 0.6 is 0 Å². The number of nitrogens with one attached hydrogen (secondary N) is 1. The lowest BCUT2D eigenvalue weighted by Crippen LogP contribution is -2.42. The maximum absolute atomic E-state index is 12.3. The Morgan fingerprint density at radius 1 is 1.44 bits per heavy atom. The Morgan fingerprint density at radius 2 is 2.22 bits per heavy atom. The molecule has 0 spiro atoms. The molecule has 1 atom stereocenters. The molecule has 0 bridgehead atoms. The van der Waals surface area contributed by atoms with Gasteiger partial charge in [-0.1, -0.05) is 0 Å². The fraction of sp³-hybridized carbons (Fsp3) is 0.667. The molecular weight excluding hydrogens is 232 g/mol. The van der Waals surface area contributed by atoms with E-state index in [0.717, 1.165) is 31.4 Å². The van der Waals surface area contributed by atoms with Crippen LogP contribution in [-0.2, 0) is 0 Å². The number of nitrogen functional groups attached to an aromatic ring is 1. The molecule has 1 aromatic rings. The van der Waals surface area contributed by atoms with Gasteiger partial charge >= 0.3 is 0 Å². The summed E-state index contributed by atoms with van der Waals surface area (Å²) in [4.78, 5) is 13.9. The molecule has 1 aromatic heterocycles. The number of piperidine rings is 1. The second kappa shape index (κ2) is 4.28. The number of rotatable bonds is 2. The van der Waals surface area contributed by atoms with Crippen molar-refractivity contribution >= 4 is 11.6 Å². The van der Waals surface area contributed by atoms with Crippen LogP contribution in [0.15, 0.2) is 0 Å². The van der Waals surface area contributed by atoms with Crippen LogP contribution in [0, 0.1) is 0 Å². The maximum atomic E-state index is 12.3. The Balaban J connectivity index is 1.79. The number of aliphatic hydroxyl groups excluding tert-OH is 1. The average Bonchev–Trinajstić information content (AvgIpc) is 3.12. The molecule has 1 saturated heterocycles. The smallest absolute Gasteiger partial charge is 0.276 e. The van der Waals surface area contributed by atoms with Crippen molar-refractivity contribution in [3.05, 3.63) is 11.4 Å². The number of nitrogens with two attached hydrogens (primary N) is 1. The molecule has 1 aliphatic heterocycles. The molecule has 1 saturated carbocycles. The monoisotopic (exact) mass is 250 g/mol. The van der Waals surface area contributed by atoms with E-state index in [0.29, 0.717) is 30.4 Å². The van der Waals surface area contributed by atoms with E-state index in [9.17, 15) is 9.90 Å². The van der Waals surface area contributed by atoms with Gasteiger partial charge < -0.3 is 15.7 Å². The van der Waals surface area contributed by atoms with Gasteiger partial charge in [0, 0.05) is 19.0 Å². The molecule has 98 valence electrons. The topological polar surface area (TPSA) is 95.2 Å². The minimum absolute atomic E-state index is 0.172. The number of anilines is 1. The number of aromatic nitrogens is 2. The van der Waals surface area contributed by atoms with Crippen molar-refractivity contribution in [1.82, 2.24) is 15.1 Å². The number of carbonyl (C=O) groups excluding carboxylic acids is 1. The normalized spacial score (nSPS) is 24.3. The van der Waals surface area contributed by atoms with Crippen LogP contribution in [0.5, 0.6) is 0 Å². The Labute approximate surface area is 105 Å². The molecule has 4 N–H and O–H groups in total. The fourth-order valence-corrected chi connectivity index (χ4v) is 2.50. The number of hydrogen-bond donors (Lipinski definition) is 3. The molecule has 0 unspecified atom stereocenters. The molecule has 1 aliphatic carbocycles. The number of aromatic amines is 1. The van der Waals surface area contributed by atoms with Gasteiger partial charge in [0.2, 0.25) is 0 Å². The largest absolute Gasteiger partial charge is 0.395 e. The summed E-state index contributed by atoms with van der Waals surface area (Å²) in [5.74, 6) is 0.278. The standard InChI is InChI=1S/C12H18N4O2/c13-9-10(7-3-4-7)14-15-11(9)12(18)16-5-1-2-8(17)6-16/h7-8,17H,1-6,13H2,(H,14,15)/t8-/m0/s1. The Morgan fingerprint density at radius 3 is 2.89 bits per heavy atom. The second-order valence-electron chi connectivity index (χ2n) is 5.22. The highest BCUT2D eigenvalue weighted by molar-refractivity contribution is 5.97. The lowest BCUT2D eigenvalue weighted by atomic mass is 10.1. The summed E-state index contributed by atoms with van der Waals surface area (Å²) < 4.78 is 0. The van der Waals surface area contributed by atoms with Crippen LogP contribution < -0.4 is 5.73 Å². The van der Waals surface area contributed by atoms with Crippen LogP contribution in [0.25, 0.3) is 0 Å². The summed E-state index contributed by atoms with van der Waals surface area (Å²) in [7, 11) is 0. The van der Waals surface area contributed by atoms with E-state index in [1.807, 2.05) is 0 Å². The first-order valence-corrected chi connectivity index (χ1v) is 6.48. The first-order valence-electron chi connectivity index (χ1n) is 6.48. The molecular formula is C12H18N4O2. The molecule has 6 heteroatoms. The van der Waals surface area contributed by atoms with Crippen LogP contribution in [0.4, 0.5) is 5.69 Å². The number of aliphatic hydroxyl groups is 1. The van der Waals surface area contributed by atoms with Crippen molar-refractivity contribution in [3.8, 4) is 0 Å². The Kier molecular flexibility index (Phi) is 2.74. The van der Waals surface area contributed by atoms with Gasteiger partial charge in [0.1, 0.15) is 0 Å². The summed E-state index contributed by atoms with van der Waals surface area (Å²) in [5.41, 5.74) is 7.68. The van der Waals surface area contributed by atoms with Gasteiger partial charge in [-0.2, -0.15) is 5.10 Å². The minimum atomic E-state index is -0.425. The molecule has 2 fully saturated rings. The van der Waals surface area contributed by atoms with E-state index in [4.69, 9.17) is 5.73 Å². The van der Waals surface area contributed by atoms with Crippen molar-refractivity contribution in [3.63, 3.8) is 0 Å². The van der Waals surface area contributed by atoms with E-state index in [-0.39, 0.29) is 5.91 Å². The van der Waals surface area contributed by atoms with Gasteiger partial charge in [0.15, 0.2) is 5.69 Å². The number of H-pyrrole nitrogens is 1. The number of β-amino-alcohol motifs (C(OH)–C–C–N with tert-alkyl or cyclic N) is 1. The van der Waals surface area contributed by atoms with E-state index in [1.54, 1.807) is 4.90 Å². The van der Waals surface area contributed by atoms with E-state index < -0.39 is 6.10 Å². The second-order valence-corrected chi connectivity index (χ2v) is 5.22. The highest BCUT2D eigenvalue weighted by Crippen LogP contribution is 2.42. The average molecular weight is 250 g/mol. The van der Waals surface area contributed by atoms with Crippen LogP contribution in [0.3, 0.4) is 0 Å². The summed E-state index contributed by atoms with van der Waals surface area (Å²) in [6, 6.07) is 0. The first kappa shape index (κ1) is 11.5. The van der Waals surface area contributed by atoms with Gasteiger partial charge in [-0.05, 0) is 25.7 Å².